The molecule has 1 aromatic carbocycles. The molecule has 0 atom stereocenters. The highest BCUT2D eigenvalue weighted by molar-refractivity contribution is 5.39. The topological polar surface area (TPSA) is 29.3 Å². The van der Waals surface area contributed by atoms with Crippen LogP contribution < -0.4 is 5.73 Å². The van der Waals surface area contributed by atoms with Gasteiger partial charge in [-0.2, -0.15) is 0 Å². The van der Waals surface area contributed by atoms with Gasteiger partial charge in [0.15, 0.2) is 0 Å². The third kappa shape index (κ3) is 5.22. The molecule has 2 N–H and O–H groups in total. The Morgan fingerprint density at radius 1 is 1.12 bits per heavy atom. The summed E-state index contributed by atoms with van der Waals surface area (Å²) in [6, 6.07) is 8.90. The molecule has 17 heavy (non-hydrogen) atoms. The zero-order chi connectivity index (χ0) is 12.7. The maximum Gasteiger partial charge on any atom is 0.0314 e. The summed E-state index contributed by atoms with van der Waals surface area (Å²) in [6.45, 7) is 9.20. The quantitative estimate of drug-likeness (QED) is 0.733. The summed E-state index contributed by atoms with van der Waals surface area (Å²) in [6.07, 6.45) is 3.61. The smallest absolute Gasteiger partial charge is 0.0314 e. The van der Waals surface area contributed by atoms with Gasteiger partial charge in [0.05, 0.1) is 0 Å². The summed E-state index contributed by atoms with van der Waals surface area (Å²) in [4.78, 5) is 2.55. The second-order valence-corrected chi connectivity index (χ2v) is 4.97. The first-order valence-electron chi connectivity index (χ1n) is 6.72. The third-order valence-electron chi connectivity index (χ3n) is 3.13. The summed E-state index contributed by atoms with van der Waals surface area (Å²) in [7, 11) is 0. The van der Waals surface area contributed by atoms with E-state index in [9.17, 15) is 0 Å². The molecule has 1 rings (SSSR count). The van der Waals surface area contributed by atoms with Gasteiger partial charge in [-0.3, -0.25) is 0 Å². The molecule has 0 fully saturated rings. The van der Waals surface area contributed by atoms with E-state index in [2.05, 4.69) is 37.8 Å². The monoisotopic (exact) mass is 234 g/mol. The molecule has 2 nitrogen and oxygen atoms in total. The van der Waals surface area contributed by atoms with Gasteiger partial charge in [0.2, 0.25) is 0 Å². The predicted molar refractivity (Wildman–Crippen MR) is 76.2 cm³/mol. The van der Waals surface area contributed by atoms with Gasteiger partial charge in [0.25, 0.3) is 0 Å². The molecule has 2 heteroatoms. The average Bonchev–Trinajstić information content (AvgIpc) is 2.30. The van der Waals surface area contributed by atoms with Gasteiger partial charge >= 0.3 is 0 Å². The number of aryl methyl sites for hydroxylation is 1. The second kappa shape index (κ2) is 7.33. The number of anilines is 1. The Morgan fingerprint density at radius 3 is 2.29 bits per heavy atom. The number of benzene rings is 1. The van der Waals surface area contributed by atoms with E-state index in [-0.39, 0.29) is 0 Å². The van der Waals surface area contributed by atoms with Crippen LogP contribution in [0.5, 0.6) is 0 Å². The zero-order valence-electron chi connectivity index (χ0n) is 11.4. The molecule has 0 unspecified atom stereocenters. The standard InChI is InChI=1S/C15H26N2/c1-4-11-17(13(2)3)12-5-6-14-7-9-15(16)10-8-14/h7-10,13H,4-6,11-12,16H2,1-3H3. The normalized spacial score (nSPS) is 11.4. The van der Waals surface area contributed by atoms with Crippen LogP contribution in [0.1, 0.15) is 39.2 Å². The van der Waals surface area contributed by atoms with Crippen LogP contribution in [0, 0.1) is 0 Å². The van der Waals surface area contributed by atoms with Gasteiger partial charge in [0, 0.05) is 11.7 Å². The fourth-order valence-corrected chi connectivity index (χ4v) is 2.09. The van der Waals surface area contributed by atoms with Gasteiger partial charge < -0.3 is 10.6 Å². The molecule has 0 amide bonds. The van der Waals surface area contributed by atoms with Gasteiger partial charge in [0.1, 0.15) is 0 Å². The number of hydrogen-bond acceptors (Lipinski definition) is 2. The van der Waals surface area contributed by atoms with Gasteiger partial charge in [-0.05, 0) is 63.9 Å². The van der Waals surface area contributed by atoms with Crippen molar-refractivity contribution in [2.75, 3.05) is 18.8 Å². The Morgan fingerprint density at radius 2 is 1.76 bits per heavy atom. The highest BCUT2D eigenvalue weighted by atomic mass is 15.1. The summed E-state index contributed by atoms with van der Waals surface area (Å²) in [5.74, 6) is 0. The highest BCUT2D eigenvalue weighted by Crippen LogP contribution is 2.09. The van der Waals surface area contributed by atoms with Crippen LogP contribution in [0.4, 0.5) is 5.69 Å². The Labute approximate surface area is 106 Å². The number of nitrogens with two attached hydrogens (primary N) is 1. The summed E-state index contributed by atoms with van der Waals surface area (Å²) >= 11 is 0. The van der Waals surface area contributed by atoms with E-state index >= 15 is 0 Å². The minimum absolute atomic E-state index is 0.654. The molecule has 0 spiro atoms. The molecule has 0 radical (unpaired) electrons. The molecular formula is C15H26N2. The molecule has 0 heterocycles. The zero-order valence-corrected chi connectivity index (χ0v) is 11.4. The summed E-state index contributed by atoms with van der Waals surface area (Å²) < 4.78 is 0. The Balaban J connectivity index is 2.33. The fourth-order valence-electron chi connectivity index (χ4n) is 2.09. The van der Waals surface area contributed by atoms with Crippen LogP contribution in [0.25, 0.3) is 0 Å². The average molecular weight is 234 g/mol. The van der Waals surface area contributed by atoms with Crippen molar-refractivity contribution in [3.05, 3.63) is 29.8 Å². The molecule has 0 saturated heterocycles. The molecular weight excluding hydrogens is 208 g/mol. The van der Waals surface area contributed by atoms with E-state index in [0.29, 0.717) is 6.04 Å². The van der Waals surface area contributed by atoms with Crippen molar-refractivity contribution in [3.63, 3.8) is 0 Å². The molecule has 0 aliphatic carbocycles. The van der Waals surface area contributed by atoms with Crippen LogP contribution >= 0.6 is 0 Å². The number of rotatable bonds is 7. The summed E-state index contributed by atoms with van der Waals surface area (Å²) in [5, 5.41) is 0. The lowest BCUT2D eigenvalue weighted by atomic mass is 10.1. The van der Waals surface area contributed by atoms with Crippen molar-refractivity contribution in [3.8, 4) is 0 Å². The number of nitrogen functional groups attached to an aromatic ring is 1. The number of nitrogens with zero attached hydrogens (tertiary/aromatic N) is 1. The van der Waals surface area contributed by atoms with Gasteiger partial charge in [-0.1, -0.05) is 19.1 Å². The van der Waals surface area contributed by atoms with E-state index < -0.39 is 0 Å². The summed E-state index contributed by atoms with van der Waals surface area (Å²) in [5.41, 5.74) is 7.91. The van der Waals surface area contributed by atoms with Crippen LogP contribution in [0.15, 0.2) is 24.3 Å². The minimum atomic E-state index is 0.654. The largest absolute Gasteiger partial charge is 0.399 e. The van der Waals surface area contributed by atoms with Crippen molar-refractivity contribution >= 4 is 5.69 Å². The van der Waals surface area contributed by atoms with Crippen LogP contribution in [-0.4, -0.2) is 24.0 Å². The van der Waals surface area contributed by atoms with E-state index in [4.69, 9.17) is 5.73 Å². The van der Waals surface area contributed by atoms with Crippen molar-refractivity contribution in [2.24, 2.45) is 0 Å². The van der Waals surface area contributed by atoms with Crippen LogP contribution in [0.3, 0.4) is 0 Å². The van der Waals surface area contributed by atoms with Crippen molar-refractivity contribution < 1.29 is 0 Å². The molecule has 0 aliphatic heterocycles. The lowest BCUT2D eigenvalue weighted by molar-refractivity contribution is 0.219. The van der Waals surface area contributed by atoms with E-state index in [1.807, 2.05) is 12.1 Å². The lowest BCUT2D eigenvalue weighted by Crippen LogP contribution is -2.32. The number of hydrogen-bond donors (Lipinski definition) is 1. The Hall–Kier alpha value is -1.02. The molecule has 0 bridgehead atoms. The minimum Gasteiger partial charge on any atom is -0.399 e. The van der Waals surface area contributed by atoms with Crippen LogP contribution in [-0.2, 0) is 6.42 Å². The van der Waals surface area contributed by atoms with Crippen molar-refractivity contribution in [1.82, 2.24) is 4.90 Å². The highest BCUT2D eigenvalue weighted by Gasteiger charge is 2.07. The second-order valence-electron chi connectivity index (χ2n) is 4.97. The molecule has 0 aromatic heterocycles. The van der Waals surface area contributed by atoms with Gasteiger partial charge in [-0.15, -0.1) is 0 Å². The maximum absolute atomic E-state index is 5.67. The van der Waals surface area contributed by atoms with Gasteiger partial charge in [-0.25, -0.2) is 0 Å². The first kappa shape index (κ1) is 14.0. The molecule has 96 valence electrons. The third-order valence-corrected chi connectivity index (χ3v) is 3.13. The maximum atomic E-state index is 5.67. The fraction of sp³-hybridized carbons (Fsp3) is 0.600. The first-order valence-corrected chi connectivity index (χ1v) is 6.72. The van der Waals surface area contributed by atoms with Crippen LogP contribution in [0.2, 0.25) is 0 Å². The predicted octanol–water partition coefficient (Wildman–Crippen LogP) is 3.32. The molecule has 0 saturated carbocycles. The van der Waals surface area contributed by atoms with E-state index in [0.717, 1.165) is 12.1 Å². The van der Waals surface area contributed by atoms with E-state index in [1.165, 1.54) is 31.5 Å². The lowest BCUT2D eigenvalue weighted by Gasteiger charge is -2.25. The molecule has 0 aliphatic rings. The SMILES string of the molecule is CCCN(CCCc1ccc(N)cc1)C(C)C. The van der Waals surface area contributed by atoms with E-state index in [1.54, 1.807) is 0 Å². The molecule has 1 aromatic rings. The Bertz CT molecular complexity index is 303. The van der Waals surface area contributed by atoms with Crippen molar-refractivity contribution in [1.29, 1.82) is 0 Å². The first-order chi connectivity index (χ1) is 8.13. The Kier molecular flexibility index (Phi) is 6.06. The van der Waals surface area contributed by atoms with Crippen molar-refractivity contribution in [2.45, 2.75) is 46.1 Å².